The van der Waals surface area contributed by atoms with Gasteiger partial charge in [0.15, 0.2) is 0 Å². The van der Waals surface area contributed by atoms with E-state index >= 15 is 0 Å². The van der Waals surface area contributed by atoms with Gasteiger partial charge < -0.3 is 15.5 Å². The molecule has 5 rings (SSSR count). The molecule has 0 spiro atoms. The van der Waals surface area contributed by atoms with Crippen LogP contribution >= 0.6 is 0 Å². The second-order valence-electron chi connectivity index (χ2n) is 10.0. The predicted octanol–water partition coefficient (Wildman–Crippen LogP) is 4.33. The van der Waals surface area contributed by atoms with E-state index in [2.05, 4.69) is 26.5 Å². The third-order valence-corrected chi connectivity index (χ3v) is 8.06. The molecular weight excluding hydrogens is 560 g/mol. The van der Waals surface area contributed by atoms with Crippen molar-refractivity contribution in [1.29, 1.82) is 0 Å². The van der Waals surface area contributed by atoms with Crippen LogP contribution in [0.1, 0.15) is 5.56 Å². The number of aryl methyl sites for hydroxylation is 1. The van der Waals surface area contributed by atoms with Crippen LogP contribution in [0.2, 0.25) is 0 Å². The average Bonchev–Trinajstić information content (AvgIpc) is 2.90. The predicted molar refractivity (Wildman–Crippen MR) is 154 cm³/mol. The molecule has 2 aromatic heterocycles. The molecule has 1 atom stereocenters. The fraction of sp³-hybridized carbons (Fsp3) is 0.286. The molecule has 0 saturated carbocycles. The lowest BCUT2D eigenvalue weighted by molar-refractivity contribution is -0.140. The highest BCUT2D eigenvalue weighted by molar-refractivity contribution is 7.99. The fourth-order valence-corrected chi connectivity index (χ4v) is 5.60. The van der Waals surface area contributed by atoms with Crippen LogP contribution in [0.4, 0.5) is 34.9 Å². The van der Waals surface area contributed by atoms with Crippen molar-refractivity contribution in [1.82, 2.24) is 19.9 Å². The zero-order valence-electron chi connectivity index (χ0n) is 22.4. The van der Waals surface area contributed by atoms with Crippen LogP contribution in [0.25, 0.3) is 22.2 Å². The van der Waals surface area contributed by atoms with Gasteiger partial charge in [-0.15, -0.1) is 0 Å². The highest BCUT2D eigenvalue weighted by Crippen LogP contribution is 2.29. The Morgan fingerprint density at radius 2 is 1.83 bits per heavy atom. The highest BCUT2D eigenvalue weighted by Gasteiger charge is 2.30. The van der Waals surface area contributed by atoms with Gasteiger partial charge in [0, 0.05) is 60.2 Å². The Morgan fingerprint density at radius 1 is 1.10 bits per heavy atom. The van der Waals surface area contributed by atoms with E-state index in [1.807, 2.05) is 4.90 Å². The summed E-state index contributed by atoms with van der Waals surface area (Å²) in [6.45, 7) is 2.92. The summed E-state index contributed by atoms with van der Waals surface area (Å²) < 4.78 is 68.7. The molecule has 41 heavy (non-hydrogen) atoms. The van der Waals surface area contributed by atoms with Gasteiger partial charge in [0.25, 0.3) is 5.56 Å². The maximum Gasteiger partial charge on any atom is 0.406 e. The van der Waals surface area contributed by atoms with Gasteiger partial charge in [-0.1, -0.05) is 6.07 Å². The Hall–Kier alpha value is -3.97. The highest BCUT2D eigenvalue weighted by atomic mass is 32.2. The average molecular weight is 589 g/mol. The lowest BCUT2D eigenvalue weighted by Gasteiger charge is -2.29. The first-order chi connectivity index (χ1) is 19.3. The topological polar surface area (TPSA) is 92.2 Å². The number of halogens is 4. The first-order valence-corrected chi connectivity index (χ1v) is 14.9. The summed E-state index contributed by atoms with van der Waals surface area (Å²) in [6.07, 6.45) is -1.92. The first-order valence-electron chi connectivity index (χ1n) is 12.7. The van der Waals surface area contributed by atoms with Gasteiger partial charge in [0.05, 0.1) is 5.69 Å². The molecule has 2 N–H and O–H groups in total. The van der Waals surface area contributed by atoms with Gasteiger partial charge in [-0.2, -0.15) is 18.2 Å². The normalized spacial score (nSPS) is 15.6. The molecule has 4 aromatic rings. The summed E-state index contributed by atoms with van der Waals surface area (Å²) in [5, 5.41) is 6.24. The van der Waals surface area contributed by atoms with Crippen molar-refractivity contribution in [3.05, 3.63) is 70.4 Å². The summed E-state index contributed by atoms with van der Waals surface area (Å²) in [7, 11) is -2.53. The van der Waals surface area contributed by atoms with Crippen LogP contribution in [0.3, 0.4) is 0 Å². The molecule has 13 heteroatoms. The first kappa shape index (κ1) is 28.6. The SMILES string of the molecule is C=S(C)(=O)c1ccc(-c2cc3cnc(Nc4ccc(N5CCNCC5)c(F)c4)nc3n(CC(F)(F)F)c2=O)c(C)c1. The van der Waals surface area contributed by atoms with Crippen molar-refractivity contribution in [3.63, 3.8) is 0 Å². The van der Waals surface area contributed by atoms with Crippen molar-refractivity contribution in [2.45, 2.75) is 24.5 Å². The van der Waals surface area contributed by atoms with E-state index in [1.165, 1.54) is 24.6 Å². The number of piperazine rings is 1. The molecule has 3 heterocycles. The lowest BCUT2D eigenvalue weighted by atomic mass is 10.0. The number of aromatic nitrogens is 3. The third kappa shape index (κ3) is 6.20. The van der Waals surface area contributed by atoms with Crippen LogP contribution < -0.4 is 21.1 Å². The number of nitrogens with one attached hydrogen (secondary N) is 2. The van der Waals surface area contributed by atoms with Gasteiger partial charge >= 0.3 is 6.18 Å². The minimum absolute atomic E-state index is 0.0207. The molecule has 8 nitrogen and oxygen atoms in total. The molecule has 0 bridgehead atoms. The Morgan fingerprint density at radius 3 is 2.46 bits per heavy atom. The summed E-state index contributed by atoms with van der Waals surface area (Å²) in [6, 6.07) is 10.7. The van der Waals surface area contributed by atoms with Gasteiger partial charge in [-0.25, -0.2) is 9.37 Å². The molecule has 216 valence electrons. The largest absolute Gasteiger partial charge is 0.406 e. The Bertz CT molecular complexity index is 1800. The van der Waals surface area contributed by atoms with Crippen molar-refractivity contribution in [2.24, 2.45) is 0 Å². The number of alkyl halides is 3. The fourth-order valence-electron chi connectivity index (χ4n) is 4.82. The number of rotatable bonds is 6. The molecule has 0 aliphatic carbocycles. The molecule has 1 aliphatic heterocycles. The van der Waals surface area contributed by atoms with Gasteiger partial charge in [-0.05, 0) is 69.8 Å². The van der Waals surface area contributed by atoms with Crippen molar-refractivity contribution in [3.8, 4) is 11.1 Å². The Labute approximate surface area is 234 Å². The molecule has 1 saturated heterocycles. The number of hydrogen-bond donors (Lipinski definition) is 2. The number of benzene rings is 2. The lowest BCUT2D eigenvalue weighted by Crippen LogP contribution is -2.43. The number of anilines is 3. The quantitative estimate of drug-likeness (QED) is 0.256. The van der Waals surface area contributed by atoms with E-state index in [1.54, 1.807) is 37.3 Å². The third-order valence-electron chi connectivity index (χ3n) is 6.81. The van der Waals surface area contributed by atoms with Crippen LogP contribution in [0, 0.1) is 12.7 Å². The van der Waals surface area contributed by atoms with E-state index in [-0.39, 0.29) is 22.5 Å². The van der Waals surface area contributed by atoms with E-state index in [9.17, 15) is 26.6 Å². The van der Waals surface area contributed by atoms with E-state index in [0.717, 1.165) is 13.1 Å². The zero-order valence-corrected chi connectivity index (χ0v) is 23.2. The minimum atomic E-state index is -4.71. The minimum Gasteiger partial charge on any atom is -0.367 e. The summed E-state index contributed by atoms with van der Waals surface area (Å²) in [5.74, 6) is 3.10. The summed E-state index contributed by atoms with van der Waals surface area (Å²) in [4.78, 5) is 24.3. The molecule has 0 amide bonds. The Kier molecular flexibility index (Phi) is 7.51. The second kappa shape index (κ2) is 10.8. The van der Waals surface area contributed by atoms with Crippen LogP contribution in [0.5, 0.6) is 0 Å². The molecule has 2 aromatic carbocycles. The van der Waals surface area contributed by atoms with E-state index in [4.69, 9.17) is 0 Å². The van der Waals surface area contributed by atoms with E-state index < -0.39 is 33.6 Å². The molecule has 1 aliphatic rings. The molecule has 1 unspecified atom stereocenters. The van der Waals surface area contributed by atoms with Crippen LogP contribution in [-0.2, 0) is 16.1 Å². The van der Waals surface area contributed by atoms with Crippen molar-refractivity contribution in [2.75, 3.05) is 42.7 Å². The monoisotopic (exact) mass is 588 g/mol. The van der Waals surface area contributed by atoms with Crippen molar-refractivity contribution < 1.29 is 21.8 Å². The van der Waals surface area contributed by atoms with Crippen LogP contribution in [-0.4, -0.2) is 63.2 Å². The summed E-state index contributed by atoms with van der Waals surface area (Å²) in [5.41, 5.74) is 0.596. The van der Waals surface area contributed by atoms with Gasteiger partial charge in [0.1, 0.15) is 18.0 Å². The second-order valence-corrected chi connectivity index (χ2v) is 12.5. The number of nitrogens with zero attached hydrogens (tertiary/aromatic N) is 4. The number of pyridine rings is 1. The molecule has 0 radical (unpaired) electrons. The number of fused-ring (bicyclic) bond motifs is 1. The van der Waals surface area contributed by atoms with Gasteiger partial charge in [0.2, 0.25) is 5.95 Å². The standard InChI is InChI=1S/C28H28F4N6O2S/c1-17-12-20(41(2,3)40)5-6-21(17)22-13-18-15-34-27(36-25(18)38(26(22)39)16-28(30,31)32)35-19-4-7-24(23(29)14-19)37-10-8-33-9-11-37/h4-7,12-15,33H,2,8-11,16H2,1,3H3,(H,34,35,36). The van der Waals surface area contributed by atoms with E-state index in [0.29, 0.717) is 45.1 Å². The molecule has 1 fully saturated rings. The molecular formula is C28H28F4N6O2S. The van der Waals surface area contributed by atoms with Crippen molar-refractivity contribution >= 4 is 43.7 Å². The maximum atomic E-state index is 14.9. The zero-order chi connectivity index (χ0) is 29.5. The maximum absolute atomic E-state index is 14.9. The van der Waals surface area contributed by atoms with Crippen LogP contribution in [0.15, 0.2) is 58.4 Å². The summed E-state index contributed by atoms with van der Waals surface area (Å²) >= 11 is 0. The number of hydrogen-bond acceptors (Lipinski definition) is 7. The Balaban J connectivity index is 1.55. The van der Waals surface area contributed by atoms with Gasteiger partial charge in [-0.3, -0.25) is 13.6 Å². The smallest absolute Gasteiger partial charge is 0.367 e.